The lowest BCUT2D eigenvalue weighted by atomic mass is 9.88. The van der Waals surface area contributed by atoms with E-state index in [1.807, 2.05) is 18.2 Å². The summed E-state index contributed by atoms with van der Waals surface area (Å²) in [5.74, 6) is -0.0141. The average molecular weight is 550 g/mol. The highest BCUT2D eigenvalue weighted by Gasteiger charge is 2.47. The molecule has 9 heteroatoms. The summed E-state index contributed by atoms with van der Waals surface area (Å²) in [6.07, 6.45) is 4.56. The van der Waals surface area contributed by atoms with Crippen LogP contribution in [0.5, 0.6) is 5.75 Å². The molecular formula is C29H47NO7Si. The minimum Gasteiger partial charge on any atom is -0.469 e. The minimum atomic E-state index is -2.05. The fraction of sp³-hybridized carbons (Fsp3) is 0.690. The van der Waals surface area contributed by atoms with Crippen LogP contribution in [0.1, 0.15) is 72.6 Å². The van der Waals surface area contributed by atoms with Crippen LogP contribution >= 0.6 is 0 Å². The Morgan fingerprint density at radius 1 is 1.00 bits per heavy atom. The van der Waals surface area contributed by atoms with Gasteiger partial charge in [0, 0.05) is 44.2 Å². The number of amides is 1. The van der Waals surface area contributed by atoms with Crippen molar-refractivity contribution in [2.75, 3.05) is 13.7 Å². The van der Waals surface area contributed by atoms with E-state index in [-0.39, 0.29) is 41.0 Å². The second-order valence-electron chi connectivity index (χ2n) is 11.8. The second kappa shape index (κ2) is 14.7. The highest BCUT2D eigenvalue weighted by Crippen LogP contribution is 2.42. The highest BCUT2D eigenvalue weighted by molar-refractivity contribution is 6.74. The molecule has 1 fully saturated rings. The molecule has 4 atom stereocenters. The summed E-state index contributed by atoms with van der Waals surface area (Å²) < 4.78 is 22.6. The number of nitrogens with one attached hydrogen (secondary N) is 1. The predicted octanol–water partition coefficient (Wildman–Crippen LogP) is 6.25. The van der Waals surface area contributed by atoms with E-state index in [4.69, 9.17) is 18.6 Å². The summed E-state index contributed by atoms with van der Waals surface area (Å²) in [5.41, 5.74) is 0. The van der Waals surface area contributed by atoms with Gasteiger partial charge in [0.15, 0.2) is 8.32 Å². The van der Waals surface area contributed by atoms with E-state index in [0.29, 0.717) is 25.2 Å². The predicted molar refractivity (Wildman–Crippen MR) is 149 cm³/mol. The summed E-state index contributed by atoms with van der Waals surface area (Å²) in [6.45, 7) is 13.0. The third-order valence-corrected chi connectivity index (χ3v) is 12.4. The summed E-state index contributed by atoms with van der Waals surface area (Å²) in [6, 6.07) is 8.70. The molecule has 0 heterocycles. The molecule has 0 radical (unpaired) electrons. The number of carbonyl (C=O) groups excluding carboxylic acids is 3. The molecule has 0 aromatic heterocycles. The molecule has 214 valence electrons. The van der Waals surface area contributed by atoms with E-state index in [1.54, 1.807) is 12.1 Å². The van der Waals surface area contributed by atoms with Crippen molar-refractivity contribution in [2.24, 2.45) is 11.8 Å². The molecule has 1 unspecified atom stereocenters. The van der Waals surface area contributed by atoms with Gasteiger partial charge in [-0.1, -0.05) is 58.2 Å². The molecule has 1 N–H and O–H groups in total. The molecule has 0 spiro atoms. The van der Waals surface area contributed by atoms with Crippen LogP contribution in [0.3, 0.4) is 0 Å². The van der Waals surface area contributed by atoms with Gasteiger partial charge < -0.3 is 24.0 Å². The first-order chi connectivity index (χ1) is 17.8. The maximum Gasteiger partial charge on any atom is 0.412 e. The van der Waals surface area contributed by atoms with Crippen molar-refractivity contribution < 1.29 is 33.0 Å². The van der Waals surface area contributed by atoms with Crippen molar-refractivity contribution in [3.63, 3.8) is 0 Å². The van der Waals surface area contributed by atoms with E-state index in [0.717, 1.165) is 32.1 Å². The number of rotatable bonds is 13. The SMILES string of the molecule is COC(=O)CCCCCC[C@H]1[C@@H](OC(C)=O)CC(NC(=O)Oc2ccccc2)[C@@H]1CO[Si](C)(C)C(C)(C)C. The van der Waals surface area contributed by atoms with Gasteiger partial charge >= 0.3 is 18.0 Å². The number of ether oxygens (including phenoxy) is 3. The fourth-order valence-corrected chi connectivity index (χ4v) is 5.77. The zero-order chi connectivity index (χ0) is 28.3. The van der Waals surface area contributed by atoms with Gasteiger partial charge in [-0.05, 0) is 43.1 Å². The summed E-state index contributed by atoms with van der Waals surface area (Å²) in [4.78, 5) is 36.2. The van der Waals surface area contributed by atoms with E-state index in [9.17, 15) is 14.4 Å². The molecule has 1 aromatic carbocycles. The zero-order valence-corrected chi connectivity index (χ0v) is 25.2. The van der Waals surface area contributed by atoms with Crippen LogP contribution in [-0.2, 0) is 23.5 Å². The molecule has 0 bridgehead atoms. The van der Waals surface area contributed by atoms with Crippen LogP contribution in [0, 0.1) is 11.8 Å². The Hall–Kier alpha value is -2.39. The molecular weight excluding hydrogens is 502 g/mol. The Labute approximate surface area is 229 Å². The van der Waals surface area contributed by atoms with Gasteiger partial charge in [-0.15, -0.1) is 0 Å². The number of methoxy groups -OCH3 is 1. The van der Waals surface area contributed by atoms with Crippen LogP contribution in [0.4, 0.5) is 4.79 Å². The molecule has 1 saturated carbocycles. The van der Waals surface area contributed by atoms with Crippen LogP contribution in [0.2, 0.25) is 18.1 Å². The zero-order valence-electron chi connectivity index (χ0n) is 24.2. The summed E-state index contributed by atoms with van der Waals surface area (Å²) in [5, 5.41) is 3.09. The van der Waals surface area contributed by atoms with Crippen molar-refractivity contribution in [1.29, 1.82) is 0 Å². The lowest BCUT2D eigenvalue weighted by molar-refractivity contribution is -0.148. The van der Waals surface area contributed by atoms with Crippen LogP contribution in [0.15, 0.2) is 30.3 Å². The number of hydrogen-bond donors (Lipinski definition) is 1. The Bertz CT molecular complexity index is 900. The molecule has 0 aliphatic heterocycles. The molecule has 38 heavy (non-hydrogen) atoms. The number of hydrogen-bond acceptors (Lipinski definition) is 7. The number of unbranched alkanes of at least 4 members (excludes halogenated alkanes) is 3. The van der Waals surface area contributed by atoms with Crippen molar-refractivity contribution in [2.45, 2.75) is 103 Å². The van der Waals surface area contributed by atoms with Crippen molar-refractivity contribution >= 4 is 26.3 Å². The molecule has 1 aliphatic carbocycles. The van der Waals surface area contributed by atoms with Crippen molar-refractivity contribution in [3.05, 3.63) is 30.3 Å². The molecule has 1 amide bonds. The maximum atomic E-state index is 12.8. The topological polar surface area (TPSA) is 100 Å². The van der Waals surface area contributed by atoms with Gasteiger partial charge in [-0.25, -0.2) is 4.79 Å². The van der Waals surface area contributed by atoms with Gasteiger partial charge in [0.05, 0.1) is 7.11 Å². The molecule has 8 nitrogen and oxygen atoms in total. The quantitative estimate of drug-likeness (QED) is 0.176. The molecule has 0 saturated heterocycles. The lowest BCUT2D eigenvalue weighted by Gasteiger charge is -2.38. The van der Waals surface area contributed by atoms with Gasteiger partial charge in [-0.2, -0.15) is 0 Å². The lowest BCUT2D eigenvalue weighted by Crippen LogP contribution is -2.46. The first kappa shape index (κ1) is 31.8. The van der Waals surface area contributed by atoms with Crippen molar-refractivity contribution in [3.8, 4) is 5.75 Å². The molecule has 2 rings (SSSR count). The van der Waals surface area contributed by atoms with Gasteiger partial charge in [0.1, 0.15) is 11.9 Å². The smallest absolute Gasteiger partial charge is 0.412 e. The Kier molecular flexibility index (Phi) is 12.3. The minimum absolute atomic E-state index is 0.0214. The molecule has 1 aromatic rings. The van der Waals surface area contributed by atoms with Crippen molar-refractivity contribution in [1.82, 2.24) is 5.32 Å². The van der Waals surface area contributed by atoms with Crippen LogP contribution in [-0.4, -0.2) is 52.2 Å². The first-order valence-corrected chi connectivity index (χ1v) is 16.7. The Morgan fingerprint density at radius 3 is 2.26 bits per heavy atom. The van der Waals surface area contributed by atoms with Gasteiger partial charge in [0.25, 0.3) is 0 Å². The standard InChI is InChI=1S/C29H47NO7Si/c1-21(31)36-26-19-25(30-28(33)37-22-15-11-10-12-16-22)24(20-35-38(6,7)29(2,3)4)23(26)17-13-8-9-14-18-27(32)34-5/h10-12,15-16,23-26H,8-9,13-14,17-20H2,1-7H3,(H,30,33)/t23-,24-,25?,26+/m1/s1. The normalized spacial score (nSPS) is 21.6. The Morgan fingerprint density at radius 2 is 1.66 bits per heavy atom. The fourth-order valence-electron chi connectivity index (χ4n) is 4.73. The third-order valence-electron chi connectivity index (χ3n) is 7.94. The van der Waals surface area contributed by atoms with Gasteiger partial charge in [-0.3, -0.25) is 9.59 Å². The first-order valence-electron chi connectivity index (χ1n) is 13.8. The van der Waals surface area contributed by atoms with E-state index >= 15 is 0 Å². The number of carbonyl (C=O) groups is 3. The average Bonchev–Trinajstić information content (AvgIpc) is 3.14. The summed E-state index contributed by atoms with van der Waals surface area (Å²) >= 11 is 0. The van der Waals surface area contributed by atoms with E-state index < -0.39 is 14.4 Å². The van der Waals surface area contributed by atoms with E-state index in [2.05, 4.69) is 39.2 Å². The molecule has 1 aliphatic rings. The van der Waals surface area contributed by atoms with Gasteiger partial charge in [0.2, 0.25) is 0 Å². The number of esters is 2. The number of benzene rings is 1. The van der Waals surface area contributed by atoms with E-state index in [1.165, 1.54) is 14.0 Å². The maximum absolute atomic E-state index is 12.8. The largest absolute Gasteiger partial charge is 0.469 e. The van der Waals surface area contributed by atoms with Crippen LogP contribution in [0.25, 0.3) is 0 Å². The monoisotopic (exact) mass is 549 g/mol. The second-order valence-corrected chi connectivity index (χ2v) is 16.6. The summed E-state index contributed by atoms with van der Waals surface area (Å²) in [7, 11) is -0.639. The third kappa shape index (κ3) is 10.1. The highest BCUT2D eigenvalue weighted by atomic mass is 28.4. The number of para-hydroxylation sites is 1. The Balaban J connectivity index is 2.14. The van der Waals surface area contributed by atoms with Crippen LogP contribution < -0.4 is 10.1 Å².